The molecule has 0 bridgehead atoms. The Labute approximate surface area is 179 Å². The van der Waals surface area contributed by atoms with Crippen molar-refractivity contribution in [1.82, 2.24) is 4.98 Å². The van der Waals surface area contributed by atoms with Gasteiger partial charge in [0, 0.05) is 10.7 Å². The molecule has 3 rings (SSSR count). The summed E-state index contributed by atoms with van der Waals surface area (Å²) in [5, 5.41) is 0. The lowest BCUT2D eigenvalue weighted by Gasteiger charge is -2.21. The number of carbonyl (C=O) groups excluding carboxylic acids is 1. The molecule has 0 aliphatic carbocycles. The van der Waals surface area contributed by atoms with Crippen LogP contribution < -0.4 is 4.74 Å². The minimum absolute atomic E-state index is 0.0631. The van der Waals surface area contributed by atoms with Crippen molar-refractivity contribution in [1.29, 1.82) is 0 Å². The second-order valence-corrected chi connectivity index (χ2v) is 10.6. The van der Waals surface area contributed by atoms with Gasteiger partial charge in [-0.2, -0.15) is 0 Å². The third kappa shape index (κ3) is 4.38. The smallest absolute Gasteiger partial charge is 0.375 e. The summed E-state index contributed by atoms with van der Waals surface area (Å²) >= 11 is 3.49. The Kier molecular flexibility index (Phi) is 5.62. The minimum atomic E-state index is -3.32. The van der Waals surface area contributed by atoms with Gasteiger partial charge in [0.05, 0.1) is 22.4 Å². The molecule has 1 aliphatic heterocycles. The van der Waals surface area contributed by atoms with E-state index in [0.717, 1.165) is 16.4 Å². The van der Waals surface area contributed by atoms with Gasteiger partial charge < -0.3 is 9.47 Å². The molecular formula is C21H22BrNO5S. The molecule has 0 N–H and O–H groups in total. The zero-order valence-corrected chi connectivity index (χ0v) is 19.2. The lowest BCUT2D eigenvalue weighted by atomic mass is 9.92. The molecule has 0 fully saturated rings. The van der Waals surface area contributed by atoms with Crippen LogP contribution in [0.15, 0.2) is 51.7 Å². The molecule has 2 heterocycles. The predicted molar refractivity (Wildman–Crippen MR) is 113 cm³/mol. The molecule has 0 saturated heterocycles. The Morgan fingerprint density at radius 3 is 2.31 bits per heavy atom. The van der Waals surface area contributed by atoms with Crippen molar-refractivity contribution >= 4 is 37.3 Å². The van der Waals surface area contributed by atoms with Crippen LogP contribution in [0.25, 0.3) is 5.57 Å². The SMILES string of the molecule is CC(C)c1ncc(OC2=C(c3ccc(S(C)(=O)=O)cc3)C(C)(C)OC2=O)cc1Br. The summed E-state index contributed by atoms with van der Waals surface area (Å²) in [6.45, 7) is 7.59. The van der Waals surface area contributed by atoms with Crippen molar-refractivity contribution in [3.8, 4) is 5.75 Å². The van der Waals surface area contributed by atoms with E-state index in [-0.39, 0.29) is 16.6 Å². The van der Waals surface area contributed by atoms with Crippen molar-refractivity contribution in [3.63, 3.8) is 0 Å². The number of hydrogen-bond acceptors (Lipinski definition) is 6. The molecule has 1 aromatic heterocycles. The molecule has 1 aliphatic rings. The summed E-state index contributed by atoms with van der Waals surface area (Å²) in [4.78, 5) is 17.1. The van der Waals surface area contributed by atoms with Crippen LogP contribution in [0.4, 0.5) is 0 Å². The predicted octanol–water partition coefficient (Wildman–Crippen LogP) is 4.50. The molecule has 0 unspecified atom stereocenters. The zero-order chi connectivity index (χ0) is 21.6. The number of pyridine rings is 1. The lowest BCUT2D eigenvalue weighted by molar-refractivity contribution is -0.145. The number of cyclic esters (lactones) is 1. The molecule has 0 amide bonds. The highest BCUT2D eigenvalue weighted by Crippen LogP contribution is 2.41. The number of esters is 1. The maximum absolute atomic E-state index is 12.5. The number of carbonyl (C=O) groups is 1. The molecule has 154 valence electrons. The van der Waals surface area contributed by atoms with Crippen LogP contribution >= 0.6 is 15.9 Å². The molecule has 8 heteroatoms. The van der Waals surface area contributed by atoms with E-state index in [2.05, 4.69) is 20.9 Å². The van der Waals surface area contributed by atoms with Gasteiger partial charge in [-0.25, -0.2) is 13.2 Å². The van der Waals surface area contributed by atoms with E-state index in [0.29, 0.717) is 16.9 Å². The van der Waals surface area contributed by atoms with Crippen molar-refractivity contribution in [3.05, 3.63) is 58.0 Å². The Hall–Kier alpha value is -2.19. The Bertz CT molecular complexity index is 1100. The molecule has 1 aromatic carbocycles. The molecule has 6 nitrogen and oxygen atoms in total. The number of nitrogens with zero attached hydrogens (tertiary/aromatic N) is 1. The van der Waals surface area contributed by atoms with Crippen LogP contribution in [-0.2, 0) is 19.4 Å². The van der Waals surface area contributed by atoms with Gasteiger partial charge in [0.1, 0.15) is 11.4 Å². The second-order valence-electron chi connectivity index (χ2n) is 7.70. The normalized spacial score (nSPS) is 16.3. The van der Waals surface area contributed by atoms with Gasteiger partial charge in [-0.3, -0.25) is 4.98 Å². The van der Waals surface area contributed by atoms with Gasteiger partial charge in [-0.05, 0) is 59.5 Å². The van der Waals surface area contributed by atoms with Crippen LogP contribution in [0.1, 0.15) is 44.9 Å². The molecule has 29 heavy (non-hydrogen) atoms. The Morgan fingerprint density at radius 2 is 1.79 bits per heavy atom. The number of rotatable bonds is 5. The van der Waals surface area contributed by atoms with Gasteiger partial charge in [0.2, 0.25) is 5.76 Å². The van der Waals surface area contributed by atoms with E-state index in [4.69, 9.17) is 9.47 Å². The van der Waals surface area contributed by atoms with E-state index < -0.39 is 21.4 Å². The summed E-state index contributed by atoms with van der Waals surface area (Å²) in [6.07, 6.45) is 2.71. The topological polar surface area (TPSA) is 82.6 Å². The summed E-state index contributed by atoms with van der Waals surface area (Å²) in [5.74, 6) is 0.113. The van der Waals surface area contributed by atoms with Crippen molar-refractivity contribution in [2.24, 2.45) is 0 Å². The van der Waals surface area contributed by atoms with Crippen LogP contribution in [0.2, 0.25) is 0 Å². The largest absolute Gasteiger partial charge is 0.449 e. The lowest BCUT2D eigenvalue weighted by Crippen LogP contribution is -2.22. The number of aromatic nitrogens is 1. The first-order valence-electron chi connectivity index (χ1n) is 9.02. The van der Waals surface area contributed by atoms with Crippen LogP contribution in [0, 0.1) is 0 Å². The molecular weight excluding hydrogens is 458 g/mol. The van der Waals surface area contributed by atoms with Gasteiger partial charge >= 0.3 is 5.97 Å². The van der Waals surface area contributed by atoms with E-state index in [9.17, 15) is 13.2 Å². The third-order valence-electron chi connectivity index (χ3n) is 4.54. The Morgan fingerprint density at radius 1 is 1.17 bits per heavy atom. The number of ether oxygens (including phenoxy) is 2. The van der Waals surface area contributed by atoms with Crippen LogP contribution in [0.5, 0.6) is 5.75 Å². The van der Waals surface area contributed by atoms with Gasteiger partial charge in [-0.15, -0.1) is 0 Å². The van der Waals surface area contributed by atoms with Crippen molar-refractivity contribution in [2.75, 3.05) is 6.26 Å². The fraction of sp³-hybridized carbons (Fsp3) is 0.333. The monoisotopic (exact) mass is 479 g/mol. The van der Waals surface area contributed by atoms with Gasteiger partial charge in [-0.1, -0.05) is 26.0 Å². The molecule has 0 spiro atoms. The summed E-state index contributed by atoms with van der Waals surface area (Å²) in [6, 6.07) is 8.06. The first-order chi connectivity index (χ1) is 13.4. The van der Waals surface area contributed by atoms with Gasteiger partial charge in [0.25, 0.3) is 0 Å². The third-order valence-corrected chi connectivity index (χ3v) is 6.31. The summed E-state index contributed by atoms with van der Waals surface area (Å²) in [7, 11) is -3.32. The standard InChI is InChI=1S/C21H22BrNO5S/c1-12(2)18-16(22)10-14(11-23-18)27-19-17(21(3,4)28-20(19)24)13-6-8-15(9-7-13)29(5,25)26/h6-12H,1-5H3. The molecule has 2 aromatic rings. The van der Waals surface area contributed by atoms with E-state index in [1.165, 1.54) is 12.1 Å². The quantitative estimate of drug-likeness (QED) is 0.587. The average Bonchev–Trinajstić information content (AvgIpc) is 2.82. The highest BCUT2D eigenvalue weighted by molar-refractivity contribution is 9.10. The van der Waals surface area contributed by atoms with E-state index in [1.54, 1.807) is 38.2 Å². The fourth-order valence-corrected chi connectivity index (χ4v) is 4.59. The number of hydrogen-bond donors (Lipinski definition) is 0. The average molecular weight is 480 g/mol. The minimum Gasteiger partial charge on any atom is -0.449 e. The highest BCUT2D eigenvalue weighted by Gasteiger charge is 2.43. The highest BCUT2D eigenvalue weighted by atomic mass is 79.9. The number of benzene rings is 1. The zero-order valence-electron chi connectivity index (χ0n) is 16.8. The molecule has 0 atom stereocenters. The maximum atomic E-state index is 12.5. The molecule has 0 radical (unpaired) electrons. The van der Waals surface area contributed by atoms with E-state index in [1.807, 2.05) is 13.8 Å². The summed E-state index contributed by atoms with van der Waals surface area (Å²) < 4.78 is 35.6. The van der Waals surface area contributed by atoms with Crippen LogP contribution in [-0.4, -0.2) is 31.2 Å². The maximum Gasteiger partial charge on any atom is 0.375 e. The summed E-state index contributed by atoms with van der Waals surface area (Å²) in [5.41, 5.74) is 1.15. The van der Waals surface area contributed by atoms with Crippen molar-refractivity contribution < 1.29 is 22.7 Å². The Balaban J connectivity index is 2.06. The fourth-order valence-electron chi connectivity index (χ4n) is 3.17. The van der Waals surface area contributed by atoms with Crippen LogP contribution in [0.3, 0.4) is 0 Å². The first kappa shape index (κ1) is 21.5. The second kappa shape index (κ2) is 7.57. The number of halogens is 1. The first-order valence-corrected chi connectivity index (χ1v) is 11.7. The van der Waals surface area contributed by atoms with Gasteiger partial charge in [0.15, 0.2) is 9.84 Å². The molecule has 0 saturated carbocycles. The number of sulfone groups is 1. The van der Waals surface area contributed by atoms with E-state index >= 15 is 0 Å². The van der Waals surface area contributed by atoms with Crippen molar-refractivity contribution in [2.45, 2.75) is 44.1 Å².